The van der Waals surface area contributed by atoms with Crippen LogP contribution in [-0.2, 0) is 0 Å². The Balaban J connectivity index is 2.18. The molecule has 1 aliphatic heterocycles. The van der Waals surface area contributed by atoms with Crippen LogP contribution in [0.3, 0.4) is 0 Å². The second-order valence-corrected chi connectivity index (χ2v) is 6.24. The highest BCUT2D eigenvalue weighted by atomic mass is 16.1. The highest BCUT2D eigenvalue weighted by Gasteiger charge is 2.27. The Morgan fingerprint density at radius 3 is 2.53 bits per heavy atom. The van der Waals surface area contributed by atoms with Gasteiger partial charge in [0.25, 0.3) is 0 Å². The van der Waals surface area contributed by atoms with E-state index in [1.807, 2.05) is 12.1 Å². The van der Waals surface area contributed by atoms with E-state index in [2.05, 4.69) is 43.1 Å². The van der Waals surface area contributed by atoms with Crippen molar-refractivity contribution in [1.82, 2.24) is 5.32 Å². The predicted octanol–water partition coefficient (Wildman–Crippen LogP) is 2.86. The topological polar surface area (TPSA) is 32.3 Å². The van der Waals surface area contributed by atoms with Gasteiger partial charge in [-0.05, 0) is 58.4 Å². The van der Waals surface area contributed by atoms with Gasteiger partial charge in [0, 0.05) is 35.9 Å². The predicted molar refractivity (Wildman–Crippen MR) is 80.0 cm³/mol. The Kier molecular flexibility index (Phi) is 3.95. The SMILES string of the molecule is CC(=O)c1ccc(N2CCC(C)NC(C)(C)C2)cc1. The average Bonchev–Trinajstić information content (AvgIpc) is 2.47. The van der Waals surface area contributed by atoms with Gasteiger partial charge in [-0.15, -0.1) is 0 Å². The smallest absolute Gasteiger partial charge is 0.159 e. The first-order valence-corrected chi connectivity index (χ1v) is 7.01. The zero-order valence-corrected chi connectivity index (χ0v) is 12.4. The van der Waals surface area contributed by atoms with Gasteiger partial charge in [-0.3, -0.25) is 4.79 Å². The Hall–Kier alpha value is -1.35. The lowest BCUT2D eigenvalue weighted by Crippen LogP contribution is -2.48. The van der Waals surface area contributed by atoms with Gasteiger partial charge in [-0.25, -0.2) is 0 Å². The maximum Gasteiger partial charge on any atom is 0.159 e. The maximum atomic E-state index is 11.3. The van der Waals surface area contributed by atoms with Crippen molar-refractivity contribution in [3.63, 3.8) is 0 Å². The number of nitrogens with one attached hydrogen (secondary N) is 1. The molecule has 0 bridgehead atoms. The van der Waals surface area contributed by atoms with Crippen molar-refractivity contribution in [3.05, 3.63) is 29.8 Å². The van der Waals surface area contributed by atoms with Crippen LogP contribution in [0.25, 0.3) is 0 Å². The van der Waals surface area contributed by atoms with Crippen LogP contribution in [0.5, 0.6) is 0 Å². The van der Waals surface area contributed by atoms with Crippen LogP contribution < -0.4 is 10.2 Å². The summed E-state index contributed by atoms with van der Waals surface area (Å²) in [5, 5.41) is 3.65. The number of anilines is 1. The normalized spacial score (nSPS) is 22.9. The average molecular weight is 260 g/mol. The standard InChI is InChI=1S/C16H24N2O/c1-12-9-10-18(11-16(3,4)17-12)15-7-5-14(6-8-15)13(2)19/h5-8,12,17H,9-11H2,1-4H3. The summed E-state index contributed by atoms with van der Waals surface area (Å²) >= 11 is 0. The molecule has 19 heavy (non-hydrogen) atoms. The fourth-order valence-electron chi connectivity index (χ4n) is 2.82. The number of carbonyl (C=O) groups is 1. The number of ketones is 1. The van der Waals surface area contributed by atoms with Gasteiger partial charge in [0.15, 0.2) is 5.78 Å². The fraction of sp³-hybridized carbons (Fsp3) is 0.562. The third kappa shape index (κ3) is 3.57. The molecule has 3 nitrogen and oxygen atoms in total. The molecule has 0 radical (unpaired) electrons. The molecule has 1 aliphatic rings. The first-order valence-electron chi connectivity index (χ1n) is 7.01. The summed E-state index contributed by atoms with van der Waals surface area (Å²) in [6.07, 6.45) is 1.14. The van der Waals surface area contributed by atoms with Crippen molar-refractivity contribution in [3.8, 4) is 0 Å². The highest BCUT2D eigenvalue weighted by Crippen LogP contribution is 2.22. The molecular formula is C16H24N2O. The third-order valence-electron chi connectivity index (χ3n) is 3.69. The molecule has 0 spiro atoms. The van der Waals surface area contributed by atoms with Gasteiger partial charge in [0.2, 0.25) is 0 Å². The van der Waals surface area contributed by atoms with E-state index in [1.165, 1.54) is 5.69 Å². The number of carbonyl (C=O) groups excluding carboxylic acids is 1. The molecule has 0 amide bonds. The summed E-state index contributed by atoms with van der Waals surface area (Å²) in [6, 6.07) is 8.50. The zero-order valence-electron chi connectivity index (χ0n) is 12.4. The van der Waals surface area contributed by atoms with Crippen LogP contribution in [0, 0.1) is 0 Å². The van der Waals surface area contributed by atoms with E-state index < -0.39 is 0 Å². The second kappa shape index (κ2) is 5.33. The molecule has 3 heteroatoms. The van der Waals surface area contributed by atoms with Crippen molar-refractivity contribution in [2.75, 3.05) is 18.0 Å². The van der Waals surface area contributed by atoms with Crippen molar-refractivity contribution in [2.45, 2.75) is 45.7 Å². The number of Topliss-reactive ketones (excluding diaryl/α,β-unsaturated/α-hetero) is 1. The lowest BCUT2D eigenvalue weighted by Gasteiger charge is -2.32. The summed E-state index contributed by atoms with van der Waals surface area (Å²) in [7, 11) is 0. The van der Waals surface area contributed by atoms with E-state index >= 15 is 0 Å². The third-order valence-corrected chi connectivity index (χ3v) is 3.69. The quantitative estimate of drug-likeness (QED) is 0.830. The Labute approximate surface area is 116 Å². The number of nitrogens with zero attached hydrogens (tertiary/aromatic N) is 1. The van der Waals surface area contributed by atoms with E-state index in [1.54, 1.807) is 6.92 Å². The first kappa shape index (κ1) is 14.1. The minimum Gasteiger partial charge on any atom is -0.370 e. The van der Waals surface area contributed by atoms with E-state index in [9.17, 15) is 4.79 Å². The van der Waals surface area contributed by atoms with E-state index in [4.69, 9.17) is 0 Å². The molecule has 0 aliphatic carbocycles. The molecule has 1 atom stereocenters. The molecular weight excluding hydrogens is 236 g/mol. The van der Waals surface area contributed by atoms with Gasteiger partial charge in [-0.1, -0.05) is 0 Å². The van der Waals surface area contributed by atoms with E-state index in [-0.39, 0.29) is 11.3 Å². The summed E-state index contributed by atoms with van der Waals surface area (Å²) in [5.41, 5.74) is 2.09. The Morgan fingerprint density at radius 1 is 1.32 bits per heavy atom. The number of hydrogen-bond acceptors (Lipinski definition) is 3. The first-order chi connectivity index (χ1) is 8.87. The maximum absolute atomic E-state index is 11.3. The van der Waals surface area contributed by atoms with Crippen LogP contribution in [-0.4, -0.2) is 30.5 Å². The fourth-order valence-corrected chi connectivity index (χ4v) is 2.82. The van der Waals surface area contributed by atoms with Crippen molar-refractivity contribution >= 4 is 11.5 Å². The molecule has 1 heterocycles. The molecule has 1 aromatic carbocycles. The van der Waals surface area contributed by atoms with Crippen LogP contribution >= 0.6 is 0 Å². The number of rotatable bonds is 2. The molecule has 1 saturated heterocycles. The molecule has 0 saturated carbocycles. The summed E-state index contributed by atoms with van der Waals surface area (Å²) in [4.78, 5) is 13.7. The lowest BCUT2D eigenvalue weighted by molar-refractivity contribution is 0.101. The van der Waals surface area contributed by atoms with Crippen LogP contribution in [0.4, 0.5) is 5.69 Å². The second-order valence-electron chi connectivity index (χ2n) is 6.24. The molecule has 1 unspecified atom stereocenters. The molecule has 1 aromatic rings. The van der Waals surface area contributed by atoms with Crippen LogP contribution in [0.1, 0.15) is 44.5 Å². The zero-order chi connectivity index (χ0) is 14.0. The monoisotopic (exact) mass is 260 g/mol. The van der Waals surface area contributed by atoms with Gasteiger partial charge in [-0.2, -0.15) is 0 Å². The summed E-state index contributed by atoms with van der Waals surface area (Å²) in [5.74, 6) is 0.123. The molecule has 2 rings (SSSR count). The lowest BCUT2D eigenvalue weighted by atomic mass is 10.0. The Bertz CT molecular complexity index is 450. The summed E-state index contributed by atoms with van der Waals surface area (Å²) in [6.45, 7) is 10.4. The van der Waals surface area contributed by atoms with Gasteiger partial charge in [0.05, 0.1) is 0 Å². The number of benzene rings is 1. The summed E-state index contributed by atoms with van der Waals surface area (Å²) < 4.78 is 0. The van der Waals surface area contributed by atoms with Crippen LogP contribution in [0.15, 0.2) is 24.3 Å². The van der Waals surface area contributed by atoms with Crippen LogP contribution in [0.2, 0.25) is 0 Å². The Morgan fingerprint density at radius 2 is 1.95 bits per heavy atom. The van der Waals surface area contributed by atoms with Crippen molar-refractivity contribution in [2.24, 2.45) is 0 Å². The highest BCUT2D eigenvalue weighted by molar-refractivity contribution is 5.94. The van der Waals surface area contributed by atoms with E-state index in [0.29, 0.717) is 6.04 Å². The molecule has 104 valence electrons. The van der Waals surface area contributed by atoms with E-state index in [0.717, 1.165) is 25.1 Å². The van der Waals surface area contributed by atoms with Crippen molar-refractivity contribution < 1.29 is 4.79 Å². The van der Waals surface area contributed by atoms with Gasteiger partial charge < -0.3 is 10.2 Å². The van der Waals surface area contributed by atoms with Crippen molar-refractivity contribution in [1.29, 1.82) is 0 Å². The minimum atomic E-state index is 0.106. The largest absolute Gasteiger partial charge is 0.370 e. The van der Waals surface area contributed by atoms with Gasteiger partial charge >= 0.3 is 0 Å². The molecule has 0 aromatic heterocycles. The molecule has 1 N–H and O–H groups in total. The number of hydrogen-bond donors (Lipinski definition) is 1. The molecule has 1 fully saturated rings. The minimum absolute atomic E-state index is 0.106. The van der Waals surface area contributed by atoms with Gasteiger partial charge in [0.1, 0.15) is 0 Å².